The van der Waals surface area contributed by atoms with Crippen LogP contribution in [0.5, 0.6) is 0 Å². The van der Waals surface area contributed by atoms with Crippen LogP contribution < -0.4 is 0 Å². The van der Waals surface area contributed by atoms with Crippen LogP contribution in [0.2, 0.25) is 0 Å². The van der Waals surface area contributed by atoms with Gasteiger partial charge in [-0.05, 0) is 37.5 Å². The van der Waals surface area contributed by atoms with Gasteiger partial charge in [0, 0.05) is 26.1 Å². The molecule has 3 aliphatic rings. The van der Waals surface area contributed by atoms with Gasteiger partial charge in [0.05, 0.1) is 0 Å². The van der Waals surface area contributed by atoms with Crippen LogP contribution >= 0.6 is 0 Å². The Morgan fingerprint density at radius 1 is 1.00 bits per heavy atom. The smallest absolute Gasteiger partial charge is 0.245 e. The van der Waals surface area contributed by atoms with Crippen LogP contribution in [-0.4, -0.2) is 47.3 Å². The molecule has 2 aliphatic heterocycles. The van der Waals surface area contributed by atoms with E-state index in [-0.39, 0.29) is 17.9 Å². The maximum absolute atomic E-state index is 12.7. The second kappa shape index (κ2) is 6.37. The van der Waals surface area contributed by atoms with Crippen molar-refractivity contribution in [2.75, 3.05) is 19.6 Å². The molecule has 2 heterocycles. The fraction of sp³-hybridized carbons (Fsp3) is 0.882. The minimum Gasteiger partial charge on any atom is -0.340 e. The standard InChI is InChI=1S/C17H28N2O2/c1-2-13-5-7-14(8-6-13)12-18-11-9-16(20)19-10-3-4-15(19)17(18)21/h13-15H,2-12H2,1H3. The first-order valence-corrected chi connectivity index (χ1v) is 8.77. The number of carbonyl (C=O) groups is 2. The fourth-order valence-electron chi connectivity index (χ4n) is 4.33. The molecule has 1 atom stereocenters. The van der Waals surface area contributed by atoms with Crippen LogP contribution in [0.4, 0.5) is 0 Å². The van der Waals surface area contributed by atoms with E-state index in [9.17, 15) is 9.59 Å². The third kappa shape index (κ3) is 3.09. The molecular formula is C17H28N2O2. The lowest BCUT2D eigenvalue weighted by Gasteiger charge is -2.33. The van der Waals surface area contributed by atoms with Crippen molar-refractivity contribution in [1.29, 1.82) is 0 Å². The van der Waals surface area contributed by atoms with Crippen molar-refractivity contribution in [1.82, 2.24) is 9.80 Å². The molecule has 2 amide bonds. The molecule has 0 aromatic heterocycles. The summed E-state index contributed by atoms with van der Waals surface area (Å²) in [4.78, 5) is 28.6. The Hall–Kier alpha value is -1.06. The van der Waals surface area contributed by atoms with Crippen LogP contribution in [0.25, 0.3) is 0 Å². The van der Waals surface area contributed by atoms with E-state index >= 15 is 0 Å². The maximum atomic E-state index is 12.7. The third-order valence-corrected chi connectivity index (χ3v) is 5.79. The van der Waals surface area contributed by atoms with E-state index in [1.165, 1.54) is 32.1 Å². The third-order valence-electron chi connectivity index (χ3n) is 5.79. The Morgan fingerprint density at radius 2 is 1.71 bits per heavy atom. The summed E-state index contributed by atoms with van der Waals surface area (Å²) in [5, 5.41) is 0. The van der Waals surface area contributed by atoms with E-state index in [4.69, 9.17) is 0 Å². The molecule has 0 bridgehead atoms. The van der Waals surface area contributed by atoms with E-state index in [0.29, 0.717) is 18.9 Å². The lowest BCUT2D eigenvalue weighted by atomic mass is 9.80. The highest BCUT2D eigenvalue weighted by Crippen LogP contribution is 2.32. The molecule has 0 spiro atoms. The van der Waals surface area contributed by atoms with Gasteiger partial charge in [-0.15, -0.1) is 0 Å². The van der Waals surface area contributed by atoms with E-state index < -0.39 is 0 Å². The second-order valence-corrected chi connectivity index (χ2v) is 7.07. The molecule has 0 N–H and O–H groups in total. The molecule has 118 valence electrons. The number of amides is 2. The summed E-state index contributed by atoms with van der Waals surface area (Å²) in [6.45, 7) is 4.58. The number of hydrogen-bond acceptors (Lipinski definition) is 2. The van der Waals surface area contributed by atoms with Gasteiger partial charge in [-0.3, -0.25) is 9.59 Å². The topological polar surface area (TPSA) is 40.6 Å². The first kappa shape index (κ1) is 14.9. The van der Waals surface area contributed by atoms with Crippen molar-refractivity contribution in [3.63, 3.8) is 0 Å². The first-order valence-electron chi connectivity index (χ1n) is 8.77. The van der Waals surface area contributed by atoms with Crippen molar-refractivity contribution in [3.8, 4) is 0 Å². The molecule has 2 saturated heterocycles. The highest BCUT2D eigenvalue weighted by molar-refractivity contribution is 5.90. The van der Waals surface area contributed by atoms with Crippen LogP contribution in [0.1, 0.15) is 58.3 Å². The summed E-state index contributed by atoms with van der Waals surface area (Å²) < 4.78 is 0. The quantitative estimate of drug-likeness (QED) is 0.801. The fourth-order valence-corrected chi connectivity index (χ4v) is 4.33. The summed E-state index contributed by atoms with van der Waals surface area (Å²) in [7, 11) is 0. The number of carbonyl (C=O) groups excluding carboxylic acids is 2. The normalized spacial score (nSPS) is 34.0. The Balaban J connectivity index is 1.60. The molecular weight excluding hydrogens is 264 g/mol. The van der Waals surface area contributed by atoms with Gasteiger partial charge >= 0.3 is 0 Å². The lowest BCUT2D eigenvalue weighted by molar-refractivity contribution is -0.139. The average Bonchev–Trinajstić information content (AvgIpc) is 2.97. The van der Waals surface area contributed by atoms with Crippen LogP contribution in [0.3, 0.4) is 0 Å². The molecule has 4 nitrogen and oxygen atoms in total. The van der Waals surface area contributed by atoms with E-state index in [1.807, 2.05) is 9.80 Å². The number of rotatable bonds is 3. The van der Waals surface area contributed by atoms with Crippen LogP contribution in [0, 0.1) is 11.8 Å². The van der Waals surface area contributed by atoms with Gasteiger partial charge in [0.1, 0.15) is 6.04 Å². The molecule has 3 rings (SSSR count). The zero-order valence-corrected chi connectivity index (χ0v) is 13.2. The summed E-state index contributed by atoms with van der Waals surface area (Å²) in [5.74, 6) is 1.95. The molecule has 0 radical (unpaired) electrons. The largest absolute Gasteiger partial charge is 0.340 e. The summed E-state index contributed by atoms with van der Waals surface area (Å²) in [6, 6.07) is -0.146. The van der Waals surface area contributed by atoms with E-state index in [0.717, 1.165) is 31.8 Å². The number of fused-ring (bicyclic) bond motifs is 1. The van der Waals surface area contributed by atoms with Crippen molar-refractivity contribution in [2.45, 2.75) is 64.3 Å². The Kier molecular flexibility index (Phi) is 4.51. The van der Waals surface area contributed by atoms with Gasteiger partial charge in [0.15, 0.2) is 0 Å². The van der Waals surface area contributed by atoms with Crippen molar-refractivity contribution in [2.24, 2.45) is 11.8 Å². The Morgan fingerprint density at radius 3 is 2.43 bits per heavy atom. The van der Waals surface area contributed by atoms with Crippen molar-refractivity contribution in [3.05, 3.63) is 0 Å². The van der Waals surface area contributed by atoms with Gasteiger partial charge in [0.25, 0.3) is 0 Å². The summed E-state index contributed by atoms with van der Waals surface area (Å²) in [5.41, 5.74) is 0. The number of nitrogens with zero attached hydrogens (tertiary/aromatic N) is 2. The van der Waals surface area contributed by atoms with Gasteiger partial charge in [0.2, 0.25) is 11.8 Å². The minimum atomic E-state index is -0.146. The predicted octanol–water partition coefficient (Wildman–Crippen LogP) is 2.43. The van der Waals surface area contributed by atoms with Crippen LogP contribution in [-0.2, 0) is 9.59 Å². The minimum absolute atomic E-state index is 0.146. The molecule has 0 aromatic carbocycles. The Bertz CT molecular complexity index is 402. The molecule has 3 fully saturated rings. The number of hydrogen-bond donors (Lipinski definition) is 0. The van der Waals surface area contributed by atoms with Gasteiger partial charge in [-0.2, -0.15) is 0 Å². The van der Waals surface area contributed by atoms with Crippen molar-refractivity contribution < 1.29 is 9.59 Å². The molecule has 1 unspecified atom stereocenters. The molecule has 21 heavy (non-hydrogen) atoms. The highest BCUT2D eigenvalue weighted by Gasteiger charge is 2.39. The first-order chi connectivity index (χ1) is 10.2. The van der Waals surface area contributed by atoms with E-state index in [1.54, 1.807) is 0 Å². The van der Waals surface area contributed by atoms with Gasteiger partial charge in [-0.25, -0.2) is 0 Å². The lowest BCUT2D eigenvalue weighted by Crippen LogP contribution is -2.45. The zero-order valence-electron chi connectivity index (χ0n) is 13.2. The Labute approximate surface area is 127 Å². The van der Waals surface area contributed by atoms with E-state index in [2.05, 4.69) is 6.92 Å². The van der Waals surface area contributed by atoms with Crippen LogP contribution in [0.15, 0.2) is 0 Å². The average molecular weight is 292 g/mol. The zero-order chi connectivity index (χ0) is 14.8. The summed E-state index contributed by atoms with van der Waals surface area (Å²) >= 11 is 0. The molecule has 4 heteroatoms. The second-order valence-electron chi connectivity index (χ2n) is 7.07. The summed E-state index contributed by atoms with van der Waals surface area (Å²) in [6.07, 6.45) is 8.80. The maximum Gasteiger partial charge on any atom is 0.245 e. The monoisotopic (exact) mass is 292 g/mol. The predicted molar refractivity (Wildman–Crippen MR) is 81.7 cm³/mol. The molecule has 1 aliphatic carbocycles. The van der Waals surface area contributed by atoms with Gasteiger partial charge in [-0.1, -0.05) is 26.2 Å². The highest BCUT2D eigenvalue weighted by atomic mass is 16.2. The molecule has 0 aromatic rings. The SMILES string of the molecule is CCC1CCC(CN2CCC(=O)N3CCCC3C2=O)CC1. The molecule has 1 saturated carbocycles. The van der Waals surface area contributed by atoms with Crippen molar-refractivity contribution >= 4 is 11.8 Å². The van der Waals surface area contributed by atoms with Gasteiger partial charge < -0.3 is 9.80 Å².